The summed E-state index contributed by atoms with van der Waals surface area (Å²) in [6, 6.07) is 10.6. The van der Waals surface area contributed by atoms with Crippen LogP contribution in [-0.4, -0.2) is 27.1 Å². The Morgan fingerprint density at radius 3 is 2.84 bits per heavy atom. The molecule has 1 aromatic carbocycles. The van der Waals surface area contributed by atoms with E-state index in [1.54, 1.807) is 34.9 Å². The summed E-state index contributed by atoms with van der Waals surface area (Å²) in [5.74, 6) is -0.0766. The Balaban J connectivity index is 2.08. The van der Waals surface area contributed by atoms with E-state index in [0.29, 0.717) is 40.2 Å². The number of azo groups is 1. The number of benzene rings is 1. The minimum absolute atomic E-state index is 0.263. The summed E-state index contributed by atoms with van der Waals surface area (Å²) in [5, 5.41) is 18.0. The molecule has 0 aliphatic rings. The van der Waals surface area contributed by atoms with Crippen molar-refractivity contribution >= 4 is 34.7 Å². The Bertz CT molecular complexity index is 952. The number of pyridine rings is 1. The van der Waals surface area contributed by atoms with Crippen LogP contribution < -0.4 is 4.74 Å². The minimum atomic E-state index is -0.999. The van der Waals surface area contributed by atoms with Crippen LogP contribution in [0.2, 0.25) is 5.02 Å². The van der Waals surface area contributed by atoms with Gasteiger partial charge in [0.1, 0.15) is 17.1 Å². The summed E-state index contributed by atoms with van der Waals surface area (Å²) >= 11 is 6.03. The van der Waals surface area contributed by atoms with E-state index in [2.05, 4.69) is 15.2 Å². The van der Waals surface area contributed by atoms with Gasteiger partial charge in [0.15, 0.2) is 5.82 Å². The number of rotatable bonds is 6. The SMILES string of the molecule is CCOc1ccccc1N=Nc1c(CC(=O)O)nc2ccc(Cl)cn12. The van der Waals surface area contributed by atoms with Crippen molar-refractivity contribution in [1.82, 2.24) is 9.38 Å². The van der Waals surface area contributed by atoms with Crippen molar-refractivity contribution in [2.75, 3.05) is 6.61 Å². The molecule has 25 heavy (non-hydrogen) atoms. The molecule has 3 aromatic rings. The number of carboxylic acid groups (broad SMARTS) is 1. The third-order valence-electron chi connectivity index (χ3n) is 3.36. The van der Waals surface area contributed by atoms with Gasteiger partial charge in [0, 0.05) is 6.20 Å². The van der Waals surface area contributed by atoms with Crippen molar-refractivity contribution in [3.63, 3.8) is 0 Å². The molecule has 0 aliphatic heterocycles. The van der Waals surface area contributed by atoms with Crippen molar-refractivity contribution in [1.29, 1.82) is 0 Å². The zero-order valence-electron chi connectivity index (χ0n) is 13.4. The highest BCUT2D eigenvalue weighted by Crippen LogP contribution is 2.30. The van der Waals surface area contributed by atoms with Gasteiger partial charge in [-0.3, -0.25) is 9.20 Å². The predicted molar refractivity (Wildman–Crippen MR) is 93.3 cm³/mol. The van der Waals surface area contributed by atoms with Crippen molar-refractivity contribution in [3.8, 4) is 5.75 Å². The Morgan fingerprint density at radius 1 is 1.28 bits per heavy atom. The van der Waals surface area contributed by atoms with Gasteiger partial charge in [0.2, 0.25) is 0 Å². The summed E-state index contributed by atoms with van der Waals surface area (Å²) in [5.41, 5.74) is 1.41. The molecule has 0 amide bonds. The van der Waals surface area contributed by atoms with E-state index in [9.17, 15) is 4.79 Å². The molecule has 0 saturated carbocycles. The Morgan fingerprint density at radius 2 is 2.08 bits per heavy atom. The van der Waals surface area contributed by atoms with E-state index in [-0.39, 0.29) is 6.42 Å². The van der Waals surface area contributed by atoms with E-state index in [1.165, 1.54) is 0 Å². The summed E-state index contributed by atoms with van der Waals surface area (Å²) in [7, 11) is 0. The summed E-state index contributed by atoms with van der Waals surface area (Å²) in [4.78, 5) is 15.4. The van der Waals surface area contributed by atoms with Crippen LogP contribution in [0.25, 0.3) is 5.65 Å². The topological polar surface area (TPSA) is 88.5 Å². The van der Waals surface area contributed by atoms with E-state index >= 15 is 0 Å². The molecule has 0 atom stereocenters. The third kappa shape index (κ3) is 3.77. The molecule has 0 radical (unpaired) electrons. The second-order valence-corrected chi connectivity index (χ2v) is 5.57. The number of hydrogen-bond acceptors (Lipinski definition) is 5. The molecular formula is C17H15ClN4O3. The van der Waals surface area contributed by atoms with Gasteiger partial charge in [0.25, 0.3) is 0 Å². The lowest BCUT2D eigenvalue weighted by Gasteiger charge is -2.05. The Hall–Kier alpha value is -2.93. The van der Waals surface area contributed by atoms with Crippen LogP contribution in [-0.2, 0) is 11.2 Å². The fourth-order valence-corrected chi connectivity index (χ4v) is 2.50. The van der Waals surface area contributed by atoms with Crippen molar-refractivity contribution in [2.24, 2.45) is 10.2 Å². The summed E-state index contributed by atoms with van der Waals surface area (Å²) < 4.78 is 7.14. The van der Waals surface area contributed by atoms with Crippen molar-refractivity contribution < 1.29 is 14.6 Å². The normalized spacial score (nSPS) is 11.3. The maximum absolute atomic E-state index is 11.1. The molecule has 128 valence electrons. The van der Waals surface area contributed by atoms with Gasteiger partial charge < -0.3 is 9.84 Å². The van der Waals surface area contributed by atoms with Gasteiger partial charge in [-0.25, -0.2) is 4.98 Å². The Kier molecular flexibility index (Phi) is 4.95. The number of hydrogen-bond donors (Lipinski definition) is 1. The van der Waals surface area contributed by atoms with Crippen LogP contribution in [0.5, 0.6) is 5.75 Å². The first-order valence-corrected chi connectivity index (χ1v) is 7.98. The number of imidazole rings is 1. The molecule has 0 fully saturated rings. The average molecular weight is 359 g/mol. The van der Waals surface area contributed by atoms with Gasteiger partial charge in [-0.05, 0) is 31.2 Å². The second-order valence-electron chi connectivity index (χ2n) is 5.13. The first kappa shape index (κ1) is 16.9. The lowest BCUT2D eigenvalue weighted by atomic mass is 10.3. The largest absolute Gasteiger partial charge is 0.492 e. The maximum Gasteiger partial charge on any atom is 0.309 e. The number of ether oxygens (including phenoxy) is 1. The van der Waals surface area contributed by atoms with E-state index in [4.69, 9.17) is 21.4 Å². The first-order valence-electron chi connectivity index (χ1n) is 7.60. The fraction of sp³-hybridized carbons (Fsp3) is 0.176. The maximum atomic E-state index is 11.1. The third-order valence-corrected chi connectivity index (χ3v) is 3.59. The van der Waals surface area contributed by atoms with Gasteiger partial charge in [-0.15, -0.1) is 10.2 Å². The predicted octanol–water partition coefficient (Wildman–Crippen LogP) is 4.43. The van der Waals surface area contributed by atoms with E-state index < -0.39 is 5.97 Å². The van der Waals surface area contributed by atoms with Gasteiger partial charge in [-0.1, -0.05) is 23.7 Å². The van der Waals surface area contributed by atoms with Crippen LogP contribution >= 0.6 is 11.6 Å². The number of carboxylic acids is 1. The lowest BCUT2D eigenvalue weighted by molar-refractivity contribution is -0.136. The van der Waals surface area contributed by atoms with Gasteiger partial charge in [-0.2, -0.15) is 0 Å². The molecular weight excluding hydrogens is 344 g/mol. The van der Waals surface area contributed by atoms with Crippen LogP contribution in [0, 0.1) is 0 Å². The smallest absolute Gasteiger partial charge is 0.309 e. The molecule has 0 spiro atoms. The monoisotopic (exact) mass is 358 g/mol. The molecule has 8 heteroatoms. The number of carbonyl (C=O) groups is 1. The highest BCUT2D eigenvalue weighted by atomic mass is 35.5. The number of fused-ring (bicyclic) bond motifs is 1. The number of para-hydroxylation sites is 1. The molecule has 0 aliphatic carbocycles. The molecule has 7 nitrogen and oxygen atoms in total. The van der Waals surface area contributed by atoms with Crippen LogP contribution in [0.1, 0.15) is 12.6 Å². The molecule has 3 rings (SSSR count). The van der Waals surface area contributed by atoms with Crippen molar-refractivity contribution in [2.45, 2.75) is 13.3 Å². The molecule has 0 saturated heterocycles. The minimum Gasteiger partial charge on any atom is -0.492 e. The summed E-state index contributed by atoms with van der Waals surface area (Å²) in [6.45, 7) is 2.38. The van der Waals surface area contributed by atoms with Gasteiger partial charge in [0.05, 0.1) is 23.7 Å². The first-order chi connectivity index (χ1) is 12.1. The zero-order valence-corrected chi connectivity index (χ0v) is 14.1. The number of aromatic nitrogens is 2. The van der Waals surface area contributed by atoms with E-state index in [0.717, 1.165) is 0 Å². The van der Waals surface area contributed by atoms with Gasteiger partial charge >= 0.3 is 5.97 Å². The average Bonchev–Trinajstić information content (AvgIpc) is 2.90. The molecule has 0 unspecified atom stereocenters. The molecule has 2 aromatic heterocycles. The second kappa shape index (κ2) is 7.31. The highest BCUT2D eigenvalue weighted by Gasteiger charge is 2.15. The number of nitrogens with zero attached hydrogens (tertiary/aromatic N) is 4. The fourth-order valence-electron chi connectivity index (χ4n) is 2.34. The molecule has 2 heterocycles. The zero-order chi connectivity index (χ0) is 17.8. The Labute approximate surface area is 148 Å². The van der Waals surface area contributed by atoms with Crippen LogP contribution in [0.15, 0.2) is 52.8 Å². The molecule has 1 N–H and O–H groups in total. The van der Waals surface area contributed by atoms with Crippen molar-refractivity contribution in [3.05, 3.63) is 53.3 Å². The standard InChI is InChI=1S/C17H15ClN4O3/c1-2-25-14-6-4-3-5-12(14)20-21-17-13(9-16(23)24)19-15-8-7-11(18)10-22(15)17/h3-8,10H,2,9H2,1H3,(H,23,24). The molecule has 0 bridgehead atoms. The highest BCUT2D eigenvalue weighted by molar-refractivity contribution is 6.30. The number of aliphatic carboxylic acids is 1. The van der Waals surface area contributed by atoms with Crippen LogP contribution in [0.4, 0.5) is 11.5 Å². The summed E-state index contributed by atoms with van der Waals surface area (Å²) in [6.07, 6.45) is 1.36. The quantitative estimate of drug-likeness (QED) is 0.660. The number of halogens is 1. The van der Waals surface area contributed by atoms with E-state index in [1.807, 2.05) is 19.1 Å². The van der Waals surface area contributed by atoms with Crippen LogP contribution in [0.3, 0.4) is 0 Å². The lowest BCUT2D eigenvalue weighted by Crippen LogP contribution is -2.00.